The van der Waals surface area contributed by atoms with E-state index in [1.165, 1.54) is 15.5 Å². The number of aromatic nitrogens is 2. The van der Waals surface area contributed by atoms with Crippen LogP contribution in [-0.2, 0) is 49.1 Å². The molecule has 0 spiro atoms. The number of halogens is 1. The number of aliphatic hydroxyl groups is 1. The standard InChI is InChI=1S/C35H38FN5O7/c1-5-27(42)37-17(4)32(44)40-11-7-8-25(40)31(43)39-23-10-9-18-16(3)22(36)13-24-28(18)29(23)19-14-41-26(30(19)38-24)12-21-20(33(41)45)15-48-34(46)35(21,47)6-2/h12-13,17,23,25,47H,5-11,14-15H2,1-4H3,(H,37,42)(H,39,43)/t17?,23-,25-,35-/m0/s1. The summed E-state index contributed by atoms with van der Waals surface area (Å²) in [6, 6.07) is 0.948. The van der Waals surface area contributed by atoms with Crippen molar-refractivity contribution in [3.8, 4) is 11.4 Å². The summed E-state index contributed by atoms with van der Waals surface area (Å²) in [6.07, 6.45) is 2.28. The molecule has 3 N–H and O–H groups in total. The van der Waals surface area contributed by atoms with Gasteiger partial charge in [-0.3, -0.25) is 19.2 Å². The first kappa shape index (κ1) is 31.9. The second-order valence-electron chi connectivity index (χ2n) is 13.2. The van der Waals surface area contributed by atoms with Crippen LogP contribution in [0.2, 0.25) is 0 Å². The molecule has 0 bridgehead atoms. The molecule has 48 heavy (non-hydrogen) atoms. The lowest BCUT2D eigenvalue weighted by molar-refractivity contribution is -0.172. The van der Waals surface area contributed by atoms with Crippen LogP contribution in [0.25, 0.3) is 22.3 Å². The summed E-state index contributed by atoms with van der Waals surface area (Å²) in [5.74, 6) is -2.14. The Bertz CT molecular complexity index is 2010. The van der Waals surface area contributed by atoms with Crippen LogP contribution in [0.4, 0.5) is 4.39 Å². The van der Waals surface area contributed by atoms with Gasteiger partial charge in [-0.05, 0) is 68.7 Å². The van der Waals surface area contributed by atoms with Crippen LogP contribution in [0.3, 0.4) is 0 Å². The molecule has 4 atom stereocenters. The molecule has 1 unspecified atom stereocenters. The normalized spacial score (nSPS) is 22.9. The quantitative estimate of drug-likeness (QED) is 0.267. The highest BCUT2D eigenvalue weighted by atomic mass is 19.1. The van der Waals surface area contributed by atoms with Gasteiger partial charge in [-0.1, -0.05) is 13.8 Å². The molecule has 2 aromatic heterocycles. The lowest BCUT2D eigenvalue weighted by Gasteiger charge is -2.32. The topological polar surface area (TPSA) is 160 Å². The number of hydrogen-bond donors (Lipinski definition) is 3. The number of ether oxygens (including phenoxy) is 1. The molecule has 1 saturated heterocycles. The highest BCUT2D eigenvalue weighted by molar-refractivity contribution is 5.95. The van der Waals surface area contributed by atoms with Gasteiger partial charge in [0.1, 0.15) is 24.5 Å². The Kier molecular flexibility index (Phi) is 7.65. The SMILES string of the molecule is CCC(=O)NC(C)C(=O)N1CCC[C@H]1C(=O)N[C@H]1CCc2c(C)c(F)cc3nc4c(c1c23)Cn1c-4cc2c(c1=O)COC(=O)[C@]2(O)CC. The fraction of sp³-hybridized carbons (Fsp3) is 0.486. The third kappa shape index (κ3) is 4.65. The number of pyridine rings is 2. The Balaban J connectivity index is 1.31. The first-order chi connectivity index (χ1) is 22.9. The molecule has 1 aromatic carbocycles. The Labute approximate surface area is 275 Å². The minimum atomic E-state index is -2.00. The summed E-state index contributed by atoms with van der Waals surface area (Å²) in [7, 11) is 0. The molecule has 3 aliphatic heterocycles. The van der Waals surface area contributed by atoms with Gasteiger partial charge in [-0.15, -0.1) is 0 Å². The van der Waals surface area contributed by atoms with E-state index in [4.69, 9.17) is 9.72 Å². The molecule has 13 heteroatoms. The Hall–Kier alpha value is -4.65. The van der Waals surface area contributed by atoms with E-state index in [0.29, 0.717) is 60.3 Å². The lowest BCUT2D eigenvalue weighted by Crippen LogP contribution is -2.53. The van der Waals surface area contributed by atoms with Crippen molar-refractivity contribution < 1.29 is 33.4 Å². The fourth-order valence-electron chi connectivity index (χ4n) is 7.92. The van der Waals surface area contributed by atoms with E-state index in [2.05, 4.69) is 10.6 Å². The zero-order chi connectivity index (χ0) is 34.2. The Morgan fingerprint density at radius 2 is 1.94 bits per heavy atom. The van der Waals surface area contributed by atoms with Gasteiger partial charge in [0.2, 0.25) is 17.7 Å². The highest BCUT2D eigenvalue weighted by Crippen LogP contribution is 2.46. The third-order valence-electron chi connectivity index (χ3n) is 10.6. The zero-order valence-electron chi connectivity index (χ0n) is 27.4. The van der Waals surface area contributed by atoms with Crippen LogP contribution in [0.1, 0.15) is 92.3 Å². The zero-order valence-corrected chi connectivity index (χ0v) is 27.4. The number of esters is 1. The predicted molar refractivity (Wildman–Crippen MR) is 171 cm³/mol. The van der Waals surface area contributed by atoms with E-state index >= 15 is 4.39 Å². The Morgan fingerprint density at radius 3 is 2.67 bits per heavy atom. The van der Waals surface area contributed by atoms with Crippen molar-refractivity contribution in [2.75, 3.05) is 6.54 Å². The van der Waals surface area contributed by atoms with E-state index in [1.807, 2.05) is 0 Å². The molecule has 5 heterocycles. The van der Waals surface area contributed by atoms with Gasteiger partial charge >= 0.3 is 5.97 Å². The molecular weight excluding hydrogens is 621 g/mol. The summed E-state index contributed by atoms with van der Waals surface area (Å²) >= 11 is 0. The van der Waals surface area contributed by atoms with E-state index in [-0.39, 0.29) is 54.8 Å². The summed E-state index contributed by atoms with van der Waals surface area (Å²) in [5, 5.41) is 17.9. The fourth-order valence-corrected chi connectivity index (χ4v) is 7.92. The number of amides is 3. The van der Waals surface area contributed by atoms with Gasteiger partial charge in [0.25, 0.3) is 5.56 Å². The van der Waals surface area contributed by atoms with Crippen molar-refractivity contribution in [3.05, 3.63) is 61.7 Å². The summed E-state index contributed by atoms with van der Waals surface area (Å²) in [5.41, 5.74) is 1.87. The maximum absolute atomic E-state index is 15.3. The Morgan fingerprint density at radius 1 is 1.17 bits per heavy atom. The number of fused-ring (bicyclic) bond motifs is 5. The van der Waals surface area contributed by atoms with Crippen molar-refractivity contribution in [3.63, 3.8) is 0 Å². The van der Waals surface area contributed by atoms with Gasteiger partial charge < -0.3 is 29.9 Å². The smallest absolute Gasteiger partial charge is 0.343 e. The first-order valence-electron chi connectivity index (χ1n) is 16.6. The molecule has 4 aliphatic rings. The summed E-state index contributed by atoms with van der Waals surface area (Å²) < 4.78 is 22.0. The number of cyclic esters (lactones) is 1. The van der Waals surface area contributed by atoms with Gasteiger partial charge in [-0.2, -0.15) is 0 Å². The number of nitrogens with one attached hydrogen (secondary N) is 2. The molecule has 1 aliphatic carbocycles. The van der Waals surface area contributed by atoms with Crippen molar-refractivity contribution in [2.24, 2.45) is 0 Å². The molecule has 7 rings (SSSR count). The number of carbonyl (C=O) groups excluding carboxylic acids is 4. The van der Waals surface area contributed by atoms with Crippen LogP contribution < -0.4 is 16.2 Å². The van der Waals surface area contributed by atoms with E-state index in [9.17, 15) is 29.1 Å². The predicted octanol–water partition coefficient (Wildman–Crippen LogP) is 2.54. The maximum atomic E-state index is 15.3. The minimum Gasteiger partial charge on any atom is -0.458 e. The number of benzene rings is 1. The van der Waals surface area contributed by atoms with Crippen LogP contribution >= 0.6 is 0 Å². The van der Waals surface area contributed by atoms with E-state index in [0.717, 1.165) is 16.5 Å². The molecule has 3 aromatic rings. The number of aryl methyl sites for hydroxylation is 1. The monoisotopic (exact) mass is 659 g/mol. The molecular formula is C35H38FN5O7. The number of carbonyl (C=O) groups is 4. The molecule has 12 nitrogen and oxygen atoms in total. The second-order valence-corrected chi connectivity index (χ2v) is 13.2. The maximum Gasteiger partial charge on any atom is 0.343 e. The highest BCUT2D eigenvalue weighted by Gasteiger charge is 2.46. The average molecular weight is 660 g/mol. The van der Waals surface area contributed by atoms with Crippen molar-refractivity contribution in [1.29, 1.82) is 0 Å². The summed E-state index contributed by atoms with van der Waals surface area (Å²) in [4.78, 5) is 72.1. The molecule has 3 amide bonds. The number of nitrogens with zero attached hydrogens (tertiary/aromatic N) is 3. The van der Waals surface area contributed by atoms with Gasteiger partial charge in [0.15, 0.2) is 5.60 Å². The largest absolute Gasteiger partial charge is 0.458 e. The van der Waals surface area contributed by atoms with Crippen LogP contribution in [0, 0.1) is 12.7 Å². The van der Waals surface area contributed by atoms with Crippen molar-refractivity contribution in [1.82, 2.24) is 25.1 Å². The molecule has 0 saturated carbocycles. The summed E-state index contributed by atoms with van der Waals surface area (Å²) in [6.45, 7) is 6.91. The lowest BCUT2D eigenvalue weighted by atomic mass is 9.81. The van der Waals surface area contributed by atoms with Crippen LogP contribution in [0.5, 0.6) is 0 Å². The molecule has 0 radical (unpaired) electrons. The second kappa shape index (κ2) is 11.5. The number of rotatable bonds is 6. The van der Waals surface area contributed by atoms with Gasteiger partial charge in [0.05, 0.1) is 35.1 Å². The number of likely N-dealkylation sites (tertiary alicyclic amines) is 1. The third-order valence-corrected chi connectivity index (χ3v) is 10.6. The van der Waals surface area contributed by atoms with E-state index < -0.39 is 41.1 Å². The van der Waals surface area contributed by atoms with Gasteiger partial charge in [0, 0.05) is 35.5 Å². The van der Waals surface area contributed by atoms with E-state index in [1.54, 1.807) is 33.8 Å². The minimum absolute atomic E-state index is 0.00260. The van der Waals surface area contributed by atoms with Crippen LogP contribution in [0.15, 0.2) is 16.9 Å². The van der Waals surface area contributed by atoms with Crippen molar-refractivity contribution >= 4 is 34.6 Å². The molecule has 252 valence electrons. The molecule has 1 fully saturated rings. The average Bonchev–Trinajstić information content (AvgIpc) is 3.71. The van der Waals surface area contributed by atoms with Crippen LogP contribution in [-0.4, -0.2) is 61.9 Å². The van der Waals surface area contributed by atoms with Gasteiger partial charge in [-0.25, -0.2) is 14.2 Å². The van der Waals surface area contributed by atoms with Crippen molar-refractivity contribution in [2.45, 2.75) is 103 Å². The number of hydrogen-bond acceptors (Lipinski definition) is 8. The first-order valence-corrected chi connectivity index (χ1v) is 16.6.